The number of anilines is 1. The van der Waals surface area contributed by atoms with E-state index in [2.05, 4.69) is 0 Å². The van der Waals surface area contributed by atoms with Gasteiger partial charge in [-0.05, 0) is 59.9 Å². The molecule has 0 saturated carbocycles. The first kappa shape index (κ1) is 27.8. The smallest absolute Gasteiger partial charge is 0.300 e. The van der Waals surface area contributed by atoms with E-state index < -0.39 is 17.7 Å². The van der Waals surface area contributed by atoms with Crippen molar-refractivity contribution in [3.63, 3.8) is 0 Å². The first-order valence-electron chi connectivity index (χ1n) is 13.0. The van der Waals surface area contributed by atoms with Gasteiger partial charge in [-0.2, -0.15) is 0 Å². The highest BCUT2D eigenvalue weighted by molar-refractivity contribution is 6.51. The van der Waals surface area contributed by atoms with Crippen LogP contribution in [-0.2, 0) is 15.0 Å². The molecule has 0 aliphatic carbocycles. The van der Waals surface area contributed by atoms with Gasteiger partial charge in [-0.15, -0.1) is 0 Å². The van der Waals surface area contributed by atoms with Gasteiger partial charge >= 0.3 is 0 Å². The minimum absolute atomic E-state index is 0.00170. The van der Waals surface area contributed by atoms with Crippen LogP contribution < -0.4 is 19.1 Å². The van der Waals surface area contributed by atoms with Crippen LogP contribution in [0.4, 0.5) is 5.69 Å². The first-order chi connectivity index (χ1) is 18.6. The summed E-state index contributed by atoms with van der Waals surface area (Å²) in [5.74, 6) is 0.0704. The van der Waals surface area contributed by atoms with Gasteiger partial charge < -0.3 is 19.3 Å². The summed E-state index contributed by atoms with van der Waals surface area (Å²) >= 11 is 0. The maximum atomic E-state index is 13.6. The molecule has 1 aliphatic heterocycles. The van der Waals surface area contributed by atoms with Crippen molar-refractivity contribution in [2.45, 2.75) is 45.6 Å². The molecule has 1 fully saturated rings. The predicted molar refractivity (Wildman–Crippen MR) is 152 cm³/mol. The number of hydrogen-bond donors (Lipinski definition) is 1. The Morgan fingerprint density at radius 3 is 2.31 bits per heavy atom. The van der Waals surface area contributed by atoms with Gasteiger partial charge in [0.25, 0.3) is 11.7 Å². The van der Waals surface area contributed by atoms with E-state index in [1.165, 1.54) is 4.90 Å². The van der Waals surface area contributed by atoms with Crippen molar-refractivity contribution in [3.05, 3.63) is 89.0 Å². The summed E-state index contributed by atoms with van der Waals surface area (Å²) in [6.07, 6.45) is 0.830. The van der Waals surface area contributed by atoms with Crippen LogP contribution >= 0.6 is 0 Å². The first-order valence-corrected chi connectivity index (χ1v) is 13.0. The van der Waals surface area contributed by atoms with Crippen molar-refractivity contribution in [3.8, 4) is 17.2 Å². The fourth-order valence-corrected chi connectivity index (χ4v) is 4.77. The zero-order valence-corrected chi connectivity index (χ0v) is 23.3. The molecule has 0 bridgehead atoms. The van der Waals surface area contributed by atoms with Crippen LogP contribution in [-0.4, -0.2) is 37.6 Å². The van der Waals surface area contributed by atoms with Gasteiger partial charge in [0, 0.05) is 22.9 Å². The Hall–Kier alpha value is -4.26. The standard InChI is InChI=1S/C32H35NO6/c1-7-16-39-24-13-9-11-22(19-24)33-28(20-10-8-12-23(17-20)37-5)27(30(35)31(33)36)29(34)21-14-15-26(38-6)25(18-21)32(2,3)4/h8-15,17-19,28,34H,7,16H2,1-6H3/b29-27-. The summed E-state index contributed by atoms with van der Waals surface area (Å²) in [5, 5.41) is 11.6. The molecular weight excluding hydrogens is 494 g/mol. The van der Waals surface area contributed by atoms with E-state index in [1.807, 2.05) is 45.9 Å². The van der Waals surface area contributed by atoms with Gasteiger partial charge in [0.2, 0.25) is 0 Å². The van der Waals surface area contributed by atoms with E-state index in [0.717, 1.165) is 12.0 Å². The van der Waals surface area contributed by atoms with Crippen LogP contribution in [0.3, 0.4) is 0 Å². The maximum Gasteiger partial charge on any atom is 0.300 e. The van der Waals surface area contributed by atoms with Gasteiger partial charge in [-0.3, -0.25) is 14.5 Å². The second-order valence-electron chi connectivity index (χ2n) is 10.5. The Morgan fingerprint density at radius 1 is 0.923 bits per heavy atom. The lowest BCUT2D eigenvalue weighted by Crippen LogP contribution is -2.29. The lowest BCUT2D eigenvalue weighted by molar-refractivity contribution is -0.132. The highest BCUT2D eigenvalue weighted by atomic mass is 16.5. The molecule has 3 aromatic carbocycles. The topological polar surface area (TPSA) is 85.3 Å². The Bertz CT molecular complexity index is 1420. The summed E-state index contributed by atoms with van der Waals surface area (Å²) in [6.45, 7) is 8.65. The number of hydrogen-bond acceptors (Lipinski definition) is 6. The van der Waals surface area contributed by atoms with Crippen LogP contribution in [0.1, 0.15) is 56.8 Å². The number of methoxy groups -OCH3 is 2. The zero-order valence-electron chi connectivity index (χ0n) is 23.3. The molecule has 1 heterocycles. The molecule has 0 spiro atoms. The number of amides is 1. The van der Waals surface area contributed by atoms with Gasteiger partial charge in [0.15, 0.2) is 0 Å². The highest BCUT2D eigenvalue weighted by Gasteiger charge is 2.47. The molecule has 204 valence electrons. The molecule has 1 unspecified atom stereocenters. The minimum atomic E-state index is -0.887. The summed E-state index contributed by atoms with van der Waals surface area (Å²) < 4.78 is 16.8. The average Bonchev–Trinajstić information content (AvgIpc) is 3.20. The van der Waals surface area contributed by atoms with Crippen LogP contribution in [0, 0.1) is 0 Å². The number of ketones is 1. The third-order valence-corrected chi connectivity index (χ3v) is 6.70. The Labute approximate surface area is 229 Å². The largest absolute Gasteiger partial charge is 0.507 e. The molecule has 0 radical (unpaired) electrons. The van der Waals surface area contributed by atoms with Crippen molar-refractivity contribution >= 4 is 23.1 Å². The van der Waals surface area contributed by atoms with E-state index in [-0.39, 0.29) is 16.7 Å². The van der Waals surface area contributed by atoms with E-state index >= 15 is 0 Å². The zero-order chi connectivity index (χ0) is 28.3. The normalized spacial score (nSPS) is 16.9. The Morgan fingerprint density at radius 2 is 1.64 bits per heavy atom. The third-order valence-electron chi connectivity index (χ3n) is 6.70. The molecule has 1 amide bonds. The molecular formula is C32H35NO6. The lowest BCUT2D eigenvalue weighted by atomic mass is 9.84. The molecule has 1 aliphatic rings. The SMILES string of the molecule is CCCOc1cccc(N2C(=O)C(=O)/C(=C(\O)c3ccc(OC)c(C(C)(C)C)c3)C2c2cccc(OC)c2)c1. The fourth-order valence-electron chi connectivity index (χ4n) is 4.77. The number of nitrogens with zero attached hydrogens (tertiary/aromatic N) is 1. The van der Waals surface area contributed by atoms with Crippen molar-refractivity contribution in [2.24, 2.45) is 0 Å². The van der Waals surface area contributed by atoms with Gasteiger partial charge in [-0.25, -0.2) is 0 Å². The number of benzene rings is 3. The van der Waals surface area contributed by atoms with Crippen LogP contribution in [0.25, 0.3) is 5.76 Å². The van der Waals surface area contributed by atoms with Gasteiger partial charge in [0.05, 0.1) is 32.4 Å². The summed E-state index contributed by atoms with van der Waals surface area (Å²) in [7, 11) is 3.15. The van der Waals surface area contributed by atoms with Crippen molar-refractivity contribution in [1.82, 2.24) is 0 Å². The molecule has 1 saturated heterocycles. The number of rotatable bonds is 8. The van der Waals surface area contributed by atoms with Gasteiger partial charge in [0.1, 0.15) is 23.0 Å². The number of aliphatic hydroxyl groups excluding tert-OH is 1. The predicted octanol–water partition coefficient (Wildman–Crippen LogP) is 6.42. The maximum absolute atomic E-state index is 13.6. The molecule has 7 heteroatoms. The molecule has 3 aromatic rings. The second-order valence-corrected chi connectivity index (χ2v) is 10.5. The number of carbonyl (C=O) groups is 2. The fraction of sp³-hybridized carbons (Fsp3) is 0.312. The van der Waals surface area contributed by atoms with E-state index in [4.69, 9.17) is 14.2 Å². The lowest BCUT2D eigenvalue weighted by Gasteiger charge is -2.26. The molecule has 39 heavy (non-hydrogen) atoms. The molecule has 4 rings (SSSR count). The monoisotopic (exact) mass is 529 g/mol. The highest BCUT2D eigenvalue weighted by Crippen LogP contribution is 2.44. The Balaban J connectivity index is 1.94. The quantitative estimate of drug-likeness (QED) is 0.206. The molecule has 1 N–H and O–H groups in total. The average molecular weight is 530 g/mol. The minimum Gasteiger partial charge on any atom is -0.507 e. The summed E-state index contributed by atoms with van der Waals surface area (Å²) in [6, 6.07) is 18.6. The number of carbonyl (C=O) groups excluding carboxylic acids is 2. The summed E-state index contributed by atoms with van der Waals surface area (Å²) in [5.41, 5.74) is 2.10. The van der Waals surface area contributed by atoms with Crippen LogP contribution in [0.15, 0.2) is 72.3 Å². The second kappa shape index (κ2) is 11.2. The summed E-state index contributed by atoms with van der Waals surface area (Å²) in [4.78, 5) is 28.6. The molecule has 0 aromatic heterocycles. The van der Waals surface area contributed by atoms with E-state index in [0.29, 0.717) is 40.7 Å². The van der Waals surface area contributed by atoms with Crippen LogP contribution in [0.2, 0.25) is 0 Å². The molecule has 1 atom stereocenters. The van der Waals surface area contributed by atoms with Gasteiger partial charge in [-0.1, -0.05) is 45.9 Å². The van der Waals surface area contributed by atoms with Crippen molar-refractivity contribution in [2.75, 3.05) is 25.7 Å². The Kier molecular flexibility index (Phi) is 8.00. The number of ether oxygens (including phenoxy) is 3. The van der Waals surface area contributed by atoms with E-state index in [9.17, 15) is 14.7 Å². The number of Topliss-reactive ketones (excluding diaryl/α,β-unsaturated/α-hetero) is 1. The van der Waals surface area contributed by atoms with Crippen molar-refractivity contribution < 1.29 is 28.9 Å². The van der Waals surface area contributed by atoms with Crippen LogP contribution in [0.5, 0.6) is 17.2 Å². The van der Waals surface area contributed by atoms with Crippen molar-refractivity contribution in [1.29, 1.82) is 0 Å². The number of aliphatic hydroxyl groups is 1. The third kappa shape index (κ3) is 5.48. The molecule has 7 nitrogen and oxygen atoms in total. The van der Waals surface area contributed by atoms with E-state index in [1.54, 1.807) is 62.8 Å².